The Morgan fingerprint density at radius 1 is 1.32 bits per heavy atom. The van der Waals surface area contributed by atoms with Gasteiger partial charge in [0.05, 0.1) is 5.56 Å². The van der Waals surface area contributed by atoms with Crippen LogP contribution in [0.2, 0.25) is 0 Å². The highest BCUT2D eigenvalue weighted by Crippen LogP contribution is 2.23. The summed E-state index contributed by atoms with van der Waals surface area (Å²) in [6, 6.07) is 1.12. The summed E-state index contributed by atoms with van der Waals surface area (Å²) in [5.74, 6) is -6.56. The molecule has 1 heterocycles. The lowest BCUT2D eigenvalue weighted by Crippen LogP contribution is -2.41. The van der Waals surface area contributed by atoms with Gasteiger partial charge in [-0.1, -0.05) is 13.8 Å². The number of amides is 1. The molecule has 1 amide bonds. The topological polar surface area (TPSA) is 88.5 Å². The molecule has 0 aromatic carbocycles. The summed E-state index contributed by atoms with van der Waals surface area (Å²) < 4.78 is 54.0. The van der Waals surface area contributed by atoms with E-state index in [4.69, 9.17) is 5.11 Å². The van der Waals surface area contributed by atoms with Crippen molar-refractivity contribution in [3.05, 3.63) is 23.9 Å². The minimum Gasteiger partial charge on any atom is -0.480 e. The molecular formula is C15H18F4N2O4. The maximum Gasteiger partial charge on any atom is 0.340 e. The quantitative estimate of drug-likeness (QED) is 0.656. The van der Waals surface area contributed by atoms with Gasteiger partial charge in [-0.25, -0.2) is 18.6 Å². The number of aromatic nitrogens is 1. The number of aliphatic carboxylic acids is 1. The van der Waals surface area contributed by atoms with E-state index in [1.807, 2.05) is 0 Å². The van der Waals surface area contributed by atoms with Gasteiger partial charge in [0.25, 0.3) is 5.91 Å². The second-order valence-corrected chi connectivity index (χ2v) is 5.73. The maximum absolute atomic E-state index is 12.7. The number of ether oxygens (including phenoxy) is 1. The number of pyridine rings is 1. The summed E-state index contributed by atoms with van der Waals surface area (Å²) >= 11 is 0. The monoisotopic (exact) mass is 366 g/mol. The highest BCUT2D eigenvalue weighted by molar-refractivity contribution is 5.96. The Balaban J connectivity index is 2.69. The molecule has 1 aromatic rings. The van der Waals surface area contributed by atoms with Crippen molar-refractivity contribution in [3.63, 3.8) is 0 Å². The number of rotatable bonds is 9. The van der Waals surface area contributed by atoms with Gasteiger partial charge in [0.15, 0.2) is 6.61 Å². The van der Waals surface area contributed by atoms with E-state index in [0.717, 1.165) is 18.3 Å². The largest absolute Gasteiger partial charge is 0.480 e. The Kier molecular flexibility index (Phi) is 7.13. The van der Waals surface area contributed by atoms with Crippen molar-refractivity contribution in [2.75, 3.05) is 6.61 Å². The van der Waals surface area contributed by atoms with Gasteiger partial charge in [0.2, 0.25) is 5.88 Å². The van der Waals surface area contributed by atoms with Crippen LogP contribution < -0.4 is 10.1 Å². The number of alkyl halides is 4. The van der Waals surface area contributed by atoms with E-state index in [2.05, 4.69) is 15.0 Å². The first-order valence-electron chi connectivity index (χ1n) is 7.31. The molecule has 10 heteroatoms. The van der Waals surface area contributed by atoms with Crippen molar-refractivity contribution >= 4 is 11.9 Å². The van der Waals surface area contributed by atoms with Crippen molar-refractivity contribution < 1.29 is 37.0 Å². The lowest BCUT2D eigenvalue weighted by molar-refractivity contribution is -0.148. The molecule has 0 aliphatic rings. The lowest BCUT2D eigenvalue weighted by Gasteiger charge is -2.17. The number of carbonyl (C=O) groups is 2. The van der Waals surface area contributed by atoms with E-state index in [1.54, 1.807) is 13.8 Å². The highest BCUT2D eigenvalue weighted by atomic mass is 19.3. The third kappa shape index (κ3) is 6.55. The molecule has 0 bridgehead atoms. The van der Waals surface area contributed by atoms with Crippen LogP contribution in [0.3, 0.4) is 0 Å². The van der Waals surface area contributed by atoms with E-state index in [0.29, 0.717) is 0 Å². The summed E-state index contributed by atoms with van der Waals surface area (Å²) in [6.07, 6.45) is -2.68. The van der Waals surface area contributed by atoms with Crippen LogP contribution in [0, 0.1) is 5.92 Å². The average Bonchev–Trinajstić information content (AvgIpc) is 2.52. The van der Waals surface area contributed by atoms with Crippen molar-refractivity contribution in [2.45, 2.75) is 38.7 Å². The van der Waals surface area contributed by atoms with Gasteiger partial charge in [0.1, 0.15) is 6.04 Å². The predicted octanol–water partition coefficient (Wildman–Crippen LogP) is 2.59. The summed E-state index contributed by atoms with van der Waals surface area (Å²) in [5.41, 5.74) is -0.0250. The number of nitrogens with zero attached hydrogens (tertiary/aromatic N) is 1. The number of carbonyl (C=O) groups excluding carboxylic acids is 1. The summed E-state index contributed by atoms with van der Waals surface area (Å²) in [5, 5.41) is 11.4. The fourth-order valence-electron chi connectivity index (χ4n) is 1.77. The molecule has 0 saturated carbocycles. The fraction of sp³-hybridized carbons (Fsp3) is 0.533. The fourth-order valence-corrected chi connectivity index (χ4v) is 1.77. The molecule has 1 atom stereocenters. The molecule has 1 rings (SSSR count). The molecule has 0 spiro atoms. The molecule has 1 unspecified atom stereocenters. The molecule has 0 aliphatic heterocycles. The SMILES string of the molecule is CC(C)CC(NC(=O)c1ccc(OCC(F)(F)C(F)F)nc1)C(=O)O. The van der Waals surface area contributed by atoms with Crippen LogP contribution in [0.1, 0.15) is 30.6 Å². The van der Waals surface area contributed by atoms with E-state index < -0.39 is 36.9 Å². The van der Waals surface area contributed by atoms with Crippen molar-refractivity contribution in [2.24, 2.45) is 5.92 Å². The van der Waals surface area contributed by atoms with Crippen LogP contribution in [-0.4, -0.2) is 47.0 Å². The first kappa shape index (κ1) is 20.7. The second kappa shape index (κ2) is 8.63. The number of halogens is 4. The van der Waals surface area contributed by atoms with Gasteiger partial charge in [-0.15, -0.1) is 0 Å². The van der Waals surface area contributed by atoms with E-state index in [9.17, 15) is 27.2 Å². The number of hydrogen-bond acceptors (Lipinski definition) is 4. The van der Waals surface area contributed by atoms with Gasteiger partial charge in [-0.3, -0.25) is 4.79 Å². The zero-order chi connectivity index (χ0) is 19.2. The minimum atomic E-state index is -4.32. The Morgan fingerprint density at radius 2 is 1.96 bits per heavy atom. The molecular weight excluding hydrogens is 348 g/mol. The van der Waals surface area contributed by atoms with Gasteiger partial charge in [-0.05, 0) is 18.4 Å². The Morgan fingerprint density at radius 3 is 2.40 bits per heavy atom. The molecule has 25 heavy (non-hydrogen) atoms. The third-order valence-corrected chi connectivity index (χ3v) is 3.04. The van der Waals surface area contributed by atoms with Crippen LogP contribution in [0.4, 0.5) is 17.6 Å². The highest BCUT2D eigenvalue weighted by Gasteiger charge is 2.41. The van der Waals surface area contributed by atoms with E-state index in [-0.39, 0.29) is 23.8 Å². The summed E-state index contributed by atoms with van der Waals surface area (Å²) in [6.45, 7) is 2.04. The van der Waals surface area contributed by atoms with Gasteiger partial charge in [0, 0.05) is 12.3 Å². The number of nitrogens with one attached hydrogen (secondary N) is 1. The minimum absolute atomic E-state index is 0.0250. The molecule has 6 nitrogen and oxygen atoms in total. The van der Waals surface area contributed by atoms with Gasteiger partial charge in [-0.2, -0.15) is 8.78 Å². The zero-order valence-electron chi connectivity index (χ0n) is 13.5. The zero-order valence-corrected chi connectivity index (χ0v) is 13.5. The summed E-state index contributed by atoms with van der Waals surface area (Å²) in [7, 11) is 0. The molecule has 1 aromatic heterocycles. The van der Waals surface area contributed by atoms with Crippen LogP contribution in [0.25, 0.3) is 0 Å². The number of hydrogen-bond donors (Lipinski definition) is 2. The standard InChI is InChI=1S/C15H18F4N2O4/c1-8(2)5-10(13(23)24)21-12(22)9-3-4-11(20-6-9)25-7-15(18,19)14(16)17/h3-4,6,8,10,14H,5,7H2,1-2H3,(H,21,22)(H,23,24). The first-order chi connectivity index (χ1) is 11.5. The van der Waals surface area contributed by atoms with Crippen LogP contribution in [-0.2, 0) is 4.79 Å². The average molecular weight is 366 g/mol. The number of carboxylic acids is 1. The molecule has 0 aliphatic carbocycles. The van der Waals surface area contributed by atoms with Gasteiger partial charge < -0.3 is 15.2 Å². The Labute approximate surface area is 141 Å². The smallest absolute Gasteiger partial charge is 0.340 e. The number of carboxylic acid groups (broad SMARTS) is 1. The van der Waals surface area contributed by atoms with Crippen LogP contribution >= 0.6 is 0 Å². The van der Waals surface area contributed by atoms with Crippen molar-refractivity contribution in [3.8, 4) is 5.88 Å². The molecule has 0 saturated heterocycles. The normalized spacial score (nSPS) is 13.0. The Bertz CT molecular complexity index is 594. The van der Waals surface area contributed by atoms with Gasteiger partial charge >= 0.3 is 18.3 Å². The maximum atomic E-state index is 12.7. The van der Waals surface area contributed by atoms with Crippen molar-refractivity contribution in [1.82, 2.24) is 10.3 Å². The molecule has 2 N–H and O–H groups in total. The third-order valence-electron chi connectivity index (χ3n) is 3.04. The molecule has 0 fully saturated rings. The first-order valence-corrected chi connectivity index (χ1v) is 7.31. The molecule has 0 radical (unpaired) electrons. The van der Waals surface area contributed by atoms with E-state index >= 15 is 0 Å². The predicted molar refractivity (Wildman–Crippen MR) is 79.0 cm³/mol. The van der Waals surface area contributed by atoms with Crippen LogP contribution in [0.5, 0.6) is 5.88 Å². The second-order valence-electron chi connectivity index (χ2n) is 5.73. The molecule has 140 valence electrons. The summed E-state index contributed by atoms with van der Waals surface area (Å²) in [4.78, 5) is 26.7. The van der Waals surface area contributed by atoms with Crippen LogP contribution in [0.15, 0.2) is 18.3 Å². The van der Waals surface area contributed by atoms with Crippen molar-refractivity contribution in [1.29, 1.82) is 0 Å². The van der Waals surface area contributed by atoms with E-state index in [1.165, 1.54) is 0 Å². The lowest BCUT2D eigenvalue weighted by atomic mass is 10.0. The Hall–Kier alpha value is -2.39.